The van der Waals surface area contributed by atoms with Crippen molar-refractivity contribution in [2.45, 2.75) is 6.92 Å². The van der Waals surface area contributed by atoms with Gasteiger partial charge < -0.3 is 4.90 Å². The Bertz CT molecular complexity index is 3300. The normalized spacial score (nSPS) is 11.0. The molecular formula is C67H51N. The summed E-state index contributed by atoms with van der Waals surface area (Å²) in [5.74, 6) is 0. The topological polar surface area (TPSA) is 3.24 Å². The zero-order valence-electron chi connectivity index (χ0n) is 38.2. The van der Waals surface area contributed by atoms with Gasteiger partial charge in [-0.15, -0.1) is 0 Å². The summed E-state index contributed by atoms with van der Waals surface area (Å²) in [5.41, 5.74) is 17.8. The second-order valence-corrected chi connectivity index (χ2v) is 16.9. The van der Waals surface area contributed by atoms with Crippen LogP contribution in [0.5, 0.6) is 0 Å². The zero-order valence-corrected chi connectivity index (χ0v) is 38.2. The monoisotopic (exact) mass is 869 g/mol. The first kappa shape index (κ1) is 43.1. The van der Waals surface area contributed by atoms with E-state index in [-0.39, 0.29) is 0 Å². The van der Waals surface area contributed by atoms with Crippen LogP contribution in [0, 0.1) is 0 Å². The van der Waals surface area contributed by atoms with Crippen molar-refractivity contribution in [3.63, 3.8) is 0 Å². The zero-order chi connectivity index (χ0) is 46.1. The molecule has 0 spiro atoms. The van der Waals surface area contributed by atoms with Gasteiger partial charge in [0, 0.05) is 17.1 Å². The standard InChI is InChI=1S/C62H43N.C5H8/c1-2-11-44(12-3-1)54-17-8-18-55(43-54)49-35-41-58(42-36-49)63(56-37-31-47(32-38-56)45-23-27-52(28-24-45)61-21-9-15-50-13-4-6-19-59(50)61)57-39-33-48(34-40-57)46-25-29-53(30-26-46)62-22-10-16-51-14-5-7-20-60(51)62;1-3-5-4-2/h1-43H;3-5H,1H2,2H3/b;5-4-. The average molecular weight is 870 g/mol. The third kappa shape index (κ3) is 9.33. The summed E-state index contributed by atoms with van der Waals surface area (Å²) >= 11 is 0. The molecule has 0 atom stereocenters. The third-order valence-corrected chi connectivity index (χ3v) is 12.6. The molecule has 0 saturated carbocycles. The van der Waals surface area contributed by atoms with E-state index >= 15 is 0 Å². The Labute approximate surface area is 400 Å². The molecule has 1 nitrogen and oxygen atoms in total. The Morgan fingerprint density at radius 1 is 0.294 bits per heavy atom. The van der Waals surface area contributed by atoms with Crippen molar-refractivity contribution < 1.29 is 0 Å². The number of nitrogens with zero attached hydrogens (tertiary/aromatic N) is 1. The molecular weight excluding hydrogens is 819 g/mol. The third-order valence-electron chi connectivity index (χ3n) is 12.6. The van der Waals surface area contributed by atoms with Crippen molar-refractivity contribution in [1.29, 1.82) is 0 Å². The van der Waals surface area contributed by atoms with Gasteiger partial charge in [0.05, 0.1) is 0 Å². The minimum atomic E-state index is 1.09. The first-order valence-electron chi connectivity index (χ1n) is 23.3. The summed E-state index contributed by atoms with van der Waals surface area (Å²) in [6.07, 6.45) is 5.58. The average Bonchev–Trinajstić information content (AvgIpc) is 3.42. The minimum Gasteiger partial charge on any atom is -0.311 e. The Hall–Kier alpha value is -8.78. The fourth-order valence-corrected chi connectivity index (χ4v) is 9.14. The summed E-state index contributed by atoms with van der Waals surface area (Å²) in [4.78, 5) is 2.35. The summed E-state index contributed by atoms with van der Waals surface area (Å²) in [6, 6.07) is 94.5. The number of allylic oxidation sites excluding steroid dienone is 3. The number of rotatable bonds is 10. The summed E-state index contributed by atoms with van der Waals surface area (Å²) in [7, 11) is 0. The van der Waals surface area contributed by atoms with Crippen LogP contribution >= 0.6 is 0 Å². The molecule has 0 aliphatic heterocycles. The molecule has 1 heteroatoms. The molecule has 11 aromatic carbocycles. The predicted molar refractivity (Wildman–Crippen MR) is 294 cm³/mol. The van der Waals surface area contributed by atoms with E-state index in [0.717, 1.165) is 17.1 Å². The van der Waals surface area contributed by atoms with Crippen LogP contribution < -0.4 is 4.90 Å². The van der Waals surface area contributed by atoms with E-state index in [0.29, 0.717) is 0 Å². The molecule has 0 fully saturated rings. The van der Waals surface area contributed by atoms with Crippen LogP contribution in [0.3, 0.4) is 0 Å². The van der Waals surface area contributed by atoms with Crippen LogP contribution in [-0.4, -0.2) is 0 Å². The maximum Gasteiger partial charge on any atom is 0.0462 e. The van der Waals surface area contributed by atoms with E-state index < -0.39 is 0 Å². The van der Waals surface area contributed by atoms with E-state index in [9.17, 15) is 0 Å². The lowest BCUT2D eigenvalue weighted by Gasteiger charge is -2.26. The van der Waals surface area contributed by atoms with E-state index in [4.69, 9.17) is 0 Å². The molecule has 0 radical (unpaired) electrons. The summed E-state index contributed by atoms with van der Waals surface area (Å²) in [6.45, 7) is 5.42. The Kier molecular flexibility index (Phi) is 12.8. The summed E-state index contributed by atoms with van der Waals surface area (Å²) in [5, 5.41) is 5.06. The van der Waals surface area contributed by atoms with Crippen LogP contribution in [0.25, 0.3) is 88.3 Å². The van der Waals surface area contributed by atoms with Crippen molar-refractivity contribution >= 4 is 38.6 Å². The molecule has 0 aromatic heterocycles. The lowest BCUT2D eigenvalue weighted by atomic mass is 9.96. The van der Waals surface area contributed by atoms with E-state index in [1.165, 1.54) is 88.3 Å². The van der Waals surface area contributed by atoms with Crippen LogP contribution in [0.15, 0.2) is 286 Å². The highest BCUT2D eigenvalue weighted by molar-refractivity contribution is 5.98. The van der Waals surface area contributed by atoms with Gasteiger partial charge in [-0.3, -0.25) is 0 Å². The Morgan fingerprint density at radius 2 is 0.603 bits per heavy atom. The van der Waals surface area contributed by atoms with Crippen LogP contribution in [0.2, 0.25) is 0 Å². The molecule has 0 N–H and O–H groups in total. The highest BCUT2D eigenvalue weighted by Crippen LogP contribution is 2.39. The molecule has 0 bridgehead atoms. The van der Waals surface area contributed by atoms with Crippen molar-refractivity contribution in [3.05, 3.63) is 286 Å². The quantitative estimate of drug-likeness (QED) is 0.124. The molecule has 0 aliphatic carbocycles. The number of anilines is 3. The van der Waals surface area contributed by atoms with Gasteiger partial charge in [-0.05, 0) is 138 Å². The van der Waals surface area contributed by atoms with Crippen LogP contribution in [-0.2, 0) is 0 Å². The minimum absolute atomic E-state index is 1.09. The molecule has 0 amide bonds. The highest BCUT2D eigenvalue weighted by Gasteiger charge is 2.15. The maximum absolute atomic E-state index is 3.46. The van der Waals surface area contributed by atoms with Gasteiger partial charge >= 0.3 is 0 Å². The van der Waals surface area contributed by atoms with Crippen molar-refractivity contribution in [1.82, 2.24) is 0 Å². The largest absolute Gasteiger partial charge is 0.311 e. The molecule has 11 rings (SSSR count). The number of fused-ring (bicyclic) bond motifs is 2. The Morgan fingerprint density at radius 3 is 1.00 bits per heavy atom. The molecule has 324 valence electrons. The smallest absolute Gasteiger partial charge is 0.0462 e. The lowest BCUT2D eigenvalue weighted by Crippen LogP contribution is -2.09. The second-order valence-electron chi connectivity index (χ2n) is 16.9. The number of hydrogen-bond donors (Lipinski definition) is 0. The number of hydrogen-bond acceptors (Lipinski definition) is 1. The molecule has 11 aromatic rings. The van der Waals surface area contributed by atoms with Crippen LogP contribution in [0.4, 0.5) is 17.1 Å². The van der Waals surface area contributed by atoms with Crippen molar-refractivity contribution in [2.75, 3.05) is 4.90 Å². The first-order chi connectivity index (χ1) is 33.6. The molecule has 0 aliphatic rings. The first-order valence-corrected chi connectivity index (χ1v) is 23.3. The van der Waals surface area contributed by atoms with E-state index in [1.54, 1.807) is 6.08 Å². The highest BCUT2D eigenvalue weighted by atomic mass is 15.1. The van der Waals surface area contributed by atoms with Gasteiger partial charge in [-0.25, -0.2) is 0 Å². The van der Waals surface area contributed by atoms with Gasteiger partial charge in [0.1, 0.15) is 0 Å². The van der Waals surface area contributed by atoms with Crippen molar-refractivity contribution in [3.8, 4) is 66.8 Å². The van der Waals surface area contributed by atoms with Crippen LogP contribution in [0.1, 0.15) is 6.92 Å². The maximum atomic E-state index is 3.46. The van der Waals surface area contributed by atoms with Gasteiger partial charge in [0.2, 0.25) is 0 Å². The fraction of sp³-hybridized carbons (Fsp3) is 0.0149. The Balaban J connectivity index is 0.00000103. The van der Waals surface area contributed by atoms with Gasteiger partial charge in [0.25, 0.3) is 0 Å². The summed E-state index contributed by atoms with van der Waals surface area (Å²) < 4.78 is 0. The fourth-order valence-electron chi connectivity index (χ4n) is 9.14. The molecule has 0 saturated heterocycles. The second kappa shape index (κ2) is 20.2. The van der Waals surface area contributed by atoms with Crippen molar-refractivity contribution in [2.24, 2.45) is 0 Å². The predicted octanol–water partition coefficient (Wildman–Crippen LogP) is 19.2. The lowest BCUT2D eigenvalue weighted by molar-refractivity contribution is 1.28. The molecule has 68 heavy (non-hydrogen) atoms. The van der Waals surface area contributed by atoms with E-state index in [2.05, 4.69) is 272 Å². The molecule has 0 heterocycles. The number of benzene rings is 11. The SMILES string of the molecule is C=C/C=C\C.c1ccc(-c2cccc(-c3ccc(N(c4ccc(-c5ccc(-c6cccc7ccccc67)cc5)cc4)c4ccc(-c5ccc(-c6cccc7ccccc67)cc5)cc4)cc3)c2)cc1. The van der Waals surface area contributed by atoms with Gasteiger partial charge in [-0.1, -0.05) is 243 Å². The van der Waals surface area contributed by atoms with Gasteiger partial charge in [-0.2, -0.15) is 0 Å². The molecule has 0 unspecified atom stereocenters. The van der Waals surface area contributed by atoms with E-state index in [1.807, 2.05) is 19.1 Å². The van der Waals surface area contributed by atoms with Gasteiger partial charge in [0.15, 0.2) is 0 Å².